The Hall–Kier alpha value is -7.81. The number of anilines is 1. The molecule has 0 radical (unpaired) electrons. The van der Waals surface area contributed by atoms with E-state index in [1.807, 2.05) is 105 Å². The highest BCUT2D eigenvalue weighted by molar-refractivity contribution is 7.09. The quantitative estimate of drug-likeness (QED) is 0.0286. The third-order valence-corrected chi connectivity index (χ3v) is 22.5. The van der Waals surface area contributed by atoms with Crippen LogP contribution in [0, 0.1) is 46.8 Å². The summed E-state index contributed by atoms with van der Waals surface area (Å²) in [6.07, 6.45) is 4.20. The molecule has 4 rings (SSSR count). The van der Waals surface area contributed by atoms with Crippen LogP contribution in [-0.2, 0) is 75.2 Å². The second-order valence-electron chi connectivity index (χ2n) is 33.4. The van der Waals surface area contributed by atoms with Crippen molar-refractivity contribution >= 4 is 87.6 Å². The fourth-order valence-corrected chi connectivity index (χ4v) is 15.2. The molecule has 110 heavy (non-hydrogen) atoms. The Kier molecular flexibility index (Phi) is 38.7. The van der Waals surface area contributed by atoms with Crippen molar-refractivity contribution in [2.24, 2.45) is 52.6 Å². The molecular formula is C84H132N10O15S. The zero-order valence-corrected chi connectivity index (χ0v) is 70.3. The molecule has 25 nitrogen and oxygen atoms in total. The van der Waals surface area contributed by atoms with E-state index in [4.69, 9.17) is 19.9 Å². The number of hydrogen-bond donors (Lipinski definition) is 6. The lowest BCUT2D eigenvalue weighted by Gasteiger charge is -2.41. The summed E-state index contributed by atoms with van der Waals surface area (Å²) >= 11 is 1.53. The molecule has 1 saturated heterocycles. The van der Waals surface area contributed by atoms with Gasteiger partial charge in [0.1, 0.15) is 18.2 Å². The van der Waals surface area contributed by atoms with E-state index in [2.05, 4.69) is 43.7 Å². The predicted octanol–water partition coefficient (Wildman–Crippen LogP) is 11.8. The number of unbranched alkanes of at least 4 members (excludes halogenated alkanes) is 1. The van der Waals surface area contributed by atoms with Gasteiger partial charge in [0.2, 0.25) is 29.5 Å². The minimum absolute atomic E-state index is 0.0236. The van der Waals surface area contributed by atoms with Crippen LogP contribution in [0.15, 0.2) is 66.2 Å². The zero-order valence-electron chi connectivity index (χ0n) is 69.5. The normalized spacial score (nSPS) is 16.4. The number of nitrogens with two attached hydrogens (primary N) is 1. The number of carbonyl (C=O) groups is 12. The summed E-state index contributed by atoms with van der Waals surface area (Å²) < 4.78 is 18.0. The van der Waals surface area contributed by atoms with Crippen LogP contribution in [0.1, 0.15) is 229 Å². The van der Waals surface area contributed by atoms with E-state index >= 15 is 0 Å². The largest absolute Gasteiger partial charge is 0.445 e. The average Bonchev–Trinajstić information content (AvgIpc) is 1.35. The van der Waals surface area contributed by atoms with Gasteiger partial charge in [-0.25, -0.2) is 14.6 Å². The lowest BCUT2D eigenvalue weighted by Crippen LogP contribution is -2.55. The lowest BCUT2D eigenvalue weighted by atomic mass is 9.82. The van der Waals surface area contributed by atoms with E-state index in [1.165, 1.54) is 37.3 Å². The van der Waals surface area contributed by atoms with Gasteiger partial charge in [-0.2, -0.15) is 0 Å². The van der Waals surface area contributed by atoms with E-state index in [0.29, 0.717) is 69.3 Å². The van der Waals surface area contributed by atoms with Crippen LogP contribution in [-0.4, -0.2) is 186 Å². The highest BCUT2D eigenvalue weighted by atomic mass is 32.1. The van der Waals surface area contributed by atoms with Crippen molar-refractivity contribution in [1.29, 1.82) is 0 Å². The molecule has 0 aliphatic carbocycles. The Morgan fingerprint density at radius 2 is 1.35 bits per heavy atom. The van der Waals surface area contributed by atoms with Crippen LogP contribution in [0.25, 0.3) is 0 Å². The van der Waals surface area contributed by atoms with Gasteiger partial charge < -0.3 is 61.1 Å². The number of nitrogens with one attached hydrogen (secondary N) is 5. The smallest absolute Gasteiger partial charge is 0.410 e. The maximum atomic E-state index is 15.0. The SMILES string of the molecule is CC[C@H](C)[C@@H]([C@@H](CC(=O)N1CCC[C@H]1[C@H](OC)[C@@H](C)C(=O)C[C@@H](Cc1ccccc1)c1nccs1)OC)N(C)C(=O)[C@@H](CC(=O)C(C)(C)N(C)C(=O)OCc1ccc(NC(=O)[C@H](CCCNC(N)=O)CC(=O)[C@@H](NC(=O)[C@H](CCCCNC(=O)CC[C@@H](NC(C)(C)C)C(=O)C(C)(C)C)CC(C)=O)C(C)C)cc1)C(C)C. The van der Waals surface area contributed by atoms with Gasteiger partial charge in [-0.15, -0.1) is 11.3 Å². The Balaban J connectivity index is 1.37. The first-order chi connectivity index (χ1) is 51.6. The molecule has 1 aromatic heterocycles. The number of methoxy groups -OCH3 is 2. The molecule has 1 aliphatic rings. The second-order valence-corrected chi connectivity index (χ2v) is 34.4. The molecule has 0 saturated carbocycles. The van der Waals surface area contributed by atoms with Gasteiger partial charge in [0, 0.05) is 138 Å². The number of nitrogens with zero attached hydrogens (tertiary/aromatic N) is 4. The second kappa shape index (κ2) is 45.0. The molecule has 1 fully saturated rings. The van der Waals surface area contributed by atoms with Gasteiger partial charge in [-0.05, 0) is 134 Å². The molecule has 0 bridgehead atoms. The fourth-order valence-electron chi connectivity index (χ4n) is 14.5. The number of likely N-dealkylation sites (N-methyl/N-ethyl adjacent to an activating group) is 2. The van der Waals surface area contributed by atoms with Gasteiger partial charge in [0.15, 0.2) is 17.3 Å². The number of aromatic nitrogens is 1. The van der Waals surface area contributed by atoms with Crippen molar-refractivity contribution in [3.8, 4) is 0 Å². The molecule has 26 heteroatoms. The highest BCUT2D eigenvalue weighted by Crippen LogP contribution is 2.35. The summed E-state index contributed by atoms with van der Waals surface area (Å²) in [6.45, 7) is 29.9. The van der Waals surface area contributed by atoms with Crippen LogP contribution < -0.4 is 32.3 Å². The van der Waals surface area contributed by atoms with Crippen LogP contribution in [0.3, 0.4) is 0 Å². The minimum atomic E-state index is -1.45. The number of likely N-dealkylation sites (tertiary alicyclic amines) is 1. The van der Waals surface area contributed by atoms with Crippen molar-refractivity contribution in [1.82, 2.24) is 41.0 Å². The monoisotopic (exact) mass is 1550 g/mol. The molecule has 12 atom stereocenters. The summed E-state index contributed by atoms with van der Waals surface area (Å²) in [7, 11) is 6.26. The number of ether oxygens (including phenoxy) is 3. The third kappa shape index (κ3) is 30.0. The van der Waals surface area contributed by atoms with Gasteiger partial charge >= 0.3 is 12.1 Å². The minimum Gasteiger partial charge on any atom is -0.445 e. The number of Topliss-reactive ketones (excluding diaryl/α,β-unsaturated/α-hetero) is 5. The van der Waals surface area contributed by atoms with E-state index in [-0.39, 0.29) is 135 Å². The van der Waals surface area contributed by atoms with Crippen molar-refractivity contribution in [2.45, 2.75) is 273 Å². The first-order valence-corrected chi connectivity index (χ1v) is 40.3. The maximum absolute atomic E-state index is 15.0. The number of hydrogen-bond acceptors (Lipinski definition) is 18. The van der Waals surface area contributed by atoms with Gasteiger partial charge in [0.05, 0.1) is 53.3 Å². The van der Waals surface area contributed by atoms with E-state index in [9.17, 15) is 57.5 Å². The van der Waals surface area contributed by atoms with Crippen LogP contribution in [0.4, 0.5) is 15.3 Å². The van der Waals surface area contributed by atoms with E-state index in [1.54, 1.807) is 77.2 Å². The highest BCUT2D eigenvalue weighted by Gasteiger charge is 2.45. The number of thiazole rings is 1. The summed E-state index contributed by atoms with van der Waals surface area (Å²) in [6, 6.07) is 13.3. The molecule has 0 unspecified atom stereocenters. The van der Waals surface area contributed by atoms with Crippen molar-refractivity contribution in [2.75, 3.05) is 53.3 Å². The van der Waals surface area contributed by atoms with Gasteiger partial charge in [0.25, 0.3) is 0 Å². The summed E-state index contributed by atoms with van der Waals surface area (Å²) in [5, 5.41) is 17.3. The number of primary amides is 1. The van der Waals surface area contributed by atoms with E-state index < -0.39 is 101 Å². The third-order valence-electron chi connectivity index (χ3n) is 21.5. The van der Waals surface area contributed by atoms with Crippen LogP contribution >= 0.6 is 11.3 Å². The Morgan fingerprint density at radius 1 is 0.718 bits per heavy atom. The molecular weight excluding hydrogens is 1420 g/mol. The number of rotatable bonds is 48. The Labute approximate surface area is 658 Å². The first kappa shape index (κ1) is 94.6. The molecule has 2 aromatic carbocycles. The van der Waals surface area contributed by atoms with Crippen molar-refractivity contribution in [3.63, 3.8) is 0 Å². The van der Waals surface area contributed by atoms with Gasteiger partial charge in [-0.3, -0.25) is 48.1 Å². The molecule has 8 amide bonds. The molecule has 2 heterocycles. The number of ketones is 5. The van der Waals surface area contributed by atoms with Crippen molar-refractivity contribution < 1.29 is 71.7 Å². The summed E-state index contributed by atoms with van der Waals surface area (Å²) in [4.78, 5) is 174. The summed E-state index contributed by atoms with van der Waals surface area (Å²) in [5.74, 6) is -6.67. The Bertz CT molecular complexity index is 3480. The standard InChI is InChI=1S/C84H132N10O15S/c1-21-54(6)73(68(107-19)50-71(100)94-43-28-33-65(94)74(108-20)56(8)66(96)48-61(78-87-42-44-110-78)46-57-29-23-22-24-30-57)92(17)79(104)63(52(2)3)49-69(98)84(15,16)93(18)81(106)109-51-58-34-36-62(37-35-58)89-76(102)60(32-27-41-88-80(85)105)47-67(97)72(53(4)5)90-77(103)59(45-55(7)95)31-25-26-40-86-70(99)39-38-64(91-83(12,13)14)75(101)82(9,10)11/h22-24,29-30,34-37,42,44,52-54,56,59-61,63-65,68,72-74,91H,21,25-28,31-33,38-41,43,45-51H2,1-20H3,(H,86,99)(H,89,102)(H,90,103)(H3,85,88,105)/t54-,56-,59+,60+,61+,63-,64+,65-,68+,72-,73-,74+/m0/s1. The molecule has 0 spiro atoms. The molecule has 3 aromatic rings. The summed E-state index contributed by atoms with van der Waals surface area (Å²) in [5.41, 5.74) is 4.95. The number of carbonyl (C=O) groups excluding carboxylic acids is 12. The Morgan fingerprint density at radius 3 is 1.92 bits per heavy atom. The molecule has 614 valence electrons. The van der Waals surface area contributed by atoms with E-state index in [0.717, 1.165) is 17.0 Å². The lowest BCUT2D eigenvalue weighted by molar-refractivity contribution is -0.149. The van der Waals surface area contributed by atoms with Crippen LogP contribution in [0.5, 0.6) is 0 Å². The topological polar surface area (TPSA) is 341 Å². The number of urea groups is 1. The number of amides is 8. The molecule has 7 N–H and O–H groups in total. The zero-order chi connectivity index (χ0) is 82.5. The predicted molar refractivity (Wildman–Crippen MR) is 429 cm³/mol. The van der Waals surface area contributed by atoms with Crippen LogP contribution in [0.2, 0.25) is 0 Å². The molecule has 1 aliphatic heterocycles. The average molecular weight is 1550 g/mol. The first-order valence-electron chi connectivity index (χ1n) is 39.4. The fraction of sp³-hybridized carbons (Fsp3) is 0.679. The number of benzene rings is 2. The van der Waals surface area contributed by atoms with Crippen molar-refractivity contribution in [3.05, 3.63) is 82.3 Å². The maximum Gasteiger partial charge on any atom is 0.410 e. The van der Waals surface area contributed by atoms with Gasteiger partial charge in [-0.1, -0.05) is 125 Å².